The molecule has 2 nitrogen and oxygen atoms in total. The van der Waals surface area contributed by atoms with E-state index in [4.69, 9.17) is 0 Å². The molecular weight excluding hydrogens is 164 g/mol. The second-order valence-corrected chi connectivity index (χ2v) is 3.78. The molecule has 0 aromatic rings. The normalized spacial score (nSPS) is 33.6. The summed E-state index contributed by atoms with van der Waals surface area (Å²) in [5, 5.41) is 9.28. The molecule has 1 N–H and O–H groups in total. The van der Waals surface area contributed by atoms with E-state index in [2.05, 4.69) is 12.2 Å². The SMILES string of the molecule is O=C1CC(O)C=C1C1C=CCCC1. The first-order chi connectivity index (χ1) is 6.27. The van der Waals surface area contributed by atoms with Crippen molar-refractivity contribution in [2.75, 3.05) is 0 Å². The number of rotatable bonds is 1. The van der Waals surface area contributed by atoms with Gasteiger partial charge in [0.25, 0.3) is 0 Å². The lowest BCUT2D eigenvalue weighted by Gasteiger charge is -2.16. The van der Waals surface area contributed by atoms with Crippen molar-refractivity contribution in [2.24, 2.45) is 5.92 Å². The first-order valence-corrected chi connectivity index (χ1v) is 4.87. The third-order valence-electron chi connectivity index (χ3n) is 2.74. The Kier molecular flexibility index (Phi) is 2.32. The van der Waals surface area contributed by atoms with Crippen LogP contribution in [-0.4, -0.2) is 17.0 Å². The van der Waals surface area contributed by atoms with E-state index < -0.39 is 6.10 Å². The van der Waals surface area contributed by atoms with Crippen LogP contribution in [0.5, 0.6) is 0 Å². The Balaban J connectivity index is 2.15. The summed E-state index contributed by atoms with van der Waals surface area (Å²) in [5.41, 5.74) is 0.837. The molecule has 0 spiro atoms. The topological polar surface area (TPSA) is 37.3 Å². The van der Waals surface area contributed by atoms with Crippen LogP contribution in [0.4, 0.5) is 0 Å². The number of allylic oxidation sites excluding steroid dienone is 3. The second-order valence-electron chi connectivity index (χ2n) is 3.78. The van der Waals surface area contributed by atoms with Crippen molar-refractivity contribution < 1.29 is 9.90 Å². The largest absolute Gasteiger partial charge is 0.389 e. The van der Waals surface area contributed by atoms with Crippen LogP contribution in [0.25, 0.3) is 0 Å². The number of aliphatic hydroxyl groups is 1. The molecule has 0 aromatic carbocycles. The van der Waals surface area contributed by atoms with Gasteiger partial charge in [-0.3, -0.25) is 4.79 Å². The molecule has 13 heavy (non-hydrogen) atoms. The molecule has 2 atom stereocenters. The smallest absolute Gasteiger partial charge is 0.162 e. The van der Waals surface area contributed by atoms with Gasteiger partial charge in [0, 0.05) is 17.9 Å². The highest BCUT2D eigenvalue weighted by atomic mass is 16.3. The molecule has 0 aliphatic heterocycles. The summed E-state index contributed by atoms with van der Waals surface area (Å²) in [7, 11) is 0. The average molecular weight is 178 g/mol. The fraction of sp³-hybridized carbons (Fsp3) is 0.545. The molecule has 2 aliphatic rings. The summed E-state index contributed by atoms with van der Waals surface area (Å²) in [6, 6.07) is 0. The first kappa shape index (κ1) is 8.70. The van der Waals surface area contributed by atoms with Crippen LogP contribution >= 0.6 is 0 Å². The van der Waals surface area contributed by atoms with Gasteiger partial charge >= 0.3 is 0 Å². The molecule has 2 unspecified atom stereocenters. The Morgan fingerprint density at radius 1 is 1.46 bits per heavy atom. The summed E-state index contributed by atoms with van der Waals surface area (Å²) in [6.45, 7) is 0. The summed E-state index contributed by atoms with van der Waals surface area (Å²) in [6.07, 6.45) is 9.06. The number of carbonyl (C=O) groups is 1. The molecular formula is C11H14O2. The van der Waals surface area contributed by atoms with Crippen LogP contribution in [0.3, 0.4) is 0 Å². The zero-order valence-electron chi connectivity index (χ0n) is 7.57. The van der Waals surface area contributed by atoms with Gasteiger partial charge in [0.05, 0.1) is 6.10 Å². The molecule has 0 saturated heterocycles. The van der Waals surface area contributed by atoms with Gasteiger partial charge in [-0.2, -0.15) is 0 Å². The van der Waals surface area contributed by atoms with E-state index in [0.717, 1.165) is 24.8 Å². The van der Waals surface area contributed by atoms with E-state index in [1.54, 1.807) is 6.08 Å². The number of hydrogen-bond acceptors (Lipinski definition) is 2. The highest BCUT2D eigenvalue weighted by Gasteiger charge is 2.27. The van der Waals surface area contributed by atoms with Crippen molar-refractivity contribution in [3.63, 3.8) is 0 Å². The van der Waals surface area contributed by atoms with Crippen molar-refractivity contribution in [1.82, 2.24) is 0 Å². The van der Waals surface area contributed by atoms with Crippen molar-refractivity contribution >= 4 is 5.78 Å². The van der Waals surface area contributed by atoms with Crippen molar-refractivity contribution in [2.45, 2.75) is 31.8 Å². The Bertz CT molecular complexity index is 276. The predicted octanol–water partition coefficient (Wildman–Crippen LogP) is 1.60. The van der Waals surface area contributed by atoms with Gasteiger partial charge in [-0.05, 0) is 25.3 Å². The van der Waals surface area contributed by atoms with Crippen LogP contribution in [-0.2, 0) is 4.79 Å². The molecule has 2 heteroatoms. The van der Waals surface area contributed by atoms with E-state index in [1.807, 2.05) is 0 Å². The lowest BCUT2D eigenvalue weighted by Crippen LogP contribution is -2.09. The molecule has 2 rings (SSSR count). The van der Waals surface area contributed by atoms with Crippen molar-refractivity contribution in [1.29, 1.82) is 0 Å². The number of carbonyl (C=O) groups excluding carboxylic acids is 1. The Morgan fingerprint density at radius 2 is 2.31 bits per heavy atom. The first-order valence-electron chi connectivity index (χ1n) is 4.87. The van der Waals surface area contributed by atoms with Crippen LogP contribution in [0.2, 0.25) is 0 Å². The third kappa shape index (κ3) is 1.73. The summed E-state index contributed by atoms with van der Waals surface area (Å²) in [5.74, 6) is 0.405. The maximum absolute atomic E-state index is 11.4. The molecule has 2 aliphatic carbocycles. The quantitative estimate of drug-likeness (QED) is 0.619. The maximum atomic E-state index is 11.4. The van der Waals surface area contributed by atoms with Gasteiger partial charge < -0.3 is 5.11 Å². The lowest BCUT2D eigenvalue weighted by atomic mass is 9.88. The molecule has 0 radical (unpaired) electrons. The molecule has 0 heterocycles. The van der Waals surface area contributed by atoms with Gasteiger partial charge in [-0.25, -0.2) is 0 Å². The number of aliphatic hydroxyl groups excluding tert-OH is 1. The monoisotopic (exact) mass is 178 g/mol. The van der Waals surface area contributed by atoms with E-state index in [9.17, 15) is 9.90 Å². The predicted molar refractivity (Wildman–Crippen MR) is 50.2 cm³/mol. The number of Topliss-reactive ketones (excluding diaryl/α,β-unsaturated/α-hetero) is 1. The minimum absolute atomic E-state index is 0.129. The molecule has 0 bridgehead atoms. The minimum Gasteiger partial charge on any atom is -0.389 e. The number of hydrogen-bond donors (Lipinski definition) is 1. The van der Waals surface area contributed by atoms with Gasteiger partial charge in [0.2, 0.25) is 0 Å². The van der Waals surface area contributed by atoms with E-state index in [1.165, 1.54) is 0 Å². The second kappa shape index (κ2) is 3.46. The molecule has 0 fully saturated rings. The average Bonchev–Trinajstić information content (AvgIpc) is 2.47. The van der Waals surface area contributed by atoms with Gasteiger partial charge in [-0.1, -0.05) is 12.2 Å². The fourth-order valence-corrected chi connectivity index (χ4v) is 2.07. The van der Waals surface area contributed by atoms with E-state index in [0.29, 0.717) is 6.42 Å². The van der Waals surface area contributed by atoms with Gasteiger partial charge in [-0.15, -0.1) is 0 Å². The van der Waals surface area contributed by atoms with Crippen molar-refractivity contribution in [3.05, 3.63) is 23.8 Å². The Labute approximate surface area is 78.0 Å². The summed E-state index contributed by atoms with van der Waals surface area (Å²) >= 11 is 0. The summed E-state index contributed by atoms with van der Waals surface area (Å²) < 4.78 is 0. The van der Waals surface area contributed by atoms with Crippen LogP contribution in [0, 0.1) is 5.92 Å². The van der Waals surface area contributed by atoms with E-state index in [-0.39, 0.29) is 11.7 Å². The summed E-state index contributed by atoms with van der Waals surface area (Å²) in [4.78, 5) is 11.4. The highest BCUT2D eigenvalue weighted by Crippen LogP contribution is 2.29. The molecule has 0 saturated carbocycles. The van der Waals surface area contributed by atoms with Crippen molar-refractivity contribution in [3.8, 4) is 0 Å². The van der Waals surface area contributed by atoms with Gasteiger partial charge in [0.15, 0.2) is 5.78 Å². The maximum Gasteiger partial charge on any atom is 0.162 e. The Morgan fingerprint density at radius 3 is 2.85 bits per heavy atom. The fourth-order valence-electron chi connectivity index (χ4n) is 2.07. The highest BCUT2D eigenvalue weighted by molar-refractivity contribution is 5.99. The molecule has 0 aromatic heterocycles. The lowest BCUT2D eigenvalue weighted by molar-refractivity contribution is -0.116. The van der Waals surface area contributed by atoms with Crippen LogP contribution in [0.1, 0.15) is 25.7 Å². The molecule has 0 amide bonds. The van der Waals surface area contributed by atoms with Crippen LogP contribution < -0.4 is 0 Å². The molecule has 70 valence electrons. The van der Waals surface area contributed by atoms with Crippen LogP contribution in [0.15, 0.2) is 23.8 Å². The zero-order valence-corrected chi connectivity index (χ0v) is 7.57. The third-order valence-corrected chi connectivity index (χ3v) is 2.74. The number of ketones is 1. The standard InChI is InChI=1S/C11H14O2/c12-9-6-10(11(13)7-9)8-4-2-1-3-5-8/h2,4,6,8-9,12H,1,3,5,7H2. The van der Waals surface area contributed by atoms with E-state index >= 15 is 0 Å². The van der Waals surface area contributed by atoms with Gasteiger partial charge in [0.1, 0.15) is 0 Å². The zero-order chi connectivity index (χ0) is 9.26. The minimum atomic E-state index is -0.530. The Hall–Kier alpha value is -0.890.